The lowest BCUT2D eigenvalue weighted by molar-refractivity contribution is 0.0693. The topological polar surface area (TPSA) is 106 Å². The quantitative estimate of drug-likeness (QED) is 0.627. The molecule has 0 aromatic carbocycles. The molecule has 0 radical (unpaired) electrons. The maximum atomic E-state index is 11.6. The number of aromatic hydroxyl groups is 1. The van der Waals surface area contributed by atoms with Gasteiger partial charge in [-0.05, 0) is 12.5 Å². The average molecular weight is 212 g/mol. The number of aromatic carboxylic acids is 1. The first kappa shape index (κ1) is 11.3. The number of rotatable bonds is 3. The summed E-state index contributed by atoms with van der Waals surface area (Å²) >= 11 is 0. The van der Waals surface area contributed by atoms with Crippen molar-refractivity contribution in [3.8, 4) is 5.88 Å². The molecule has 0 amide bonds. The number of hydrogen-bond donors (Lipinski definition) is 3. The molecular formula is C9H12N2O4. The van der Waals surface area contributed by atoms with E-state index in [1.807, 2.05) is 0 Å². The summed E-state index contributed by atoms with van der Waals surface area (Å²) in [5, 5.41) is 18.2. The number of carboxylic acid groups (broad SMARTS) is 1. The first-order valence-corrected chi connectivity index (χ1v) is 4.35. The Morgan fingerprint density at radius 1 is 1.60 bits per heavy atom. The van der Waals surface area contributed by atoms with Crippen LogP contribution in [0.5, 0.6) is 5.88 Å². The third-order valence-electron chi connectivity index (χ3n) is 2.04. The van der Waals surface area contributed by atoms with Gasteiger partial charge >= 0.3 is 5.97 Å². The van der Waals surface area contributed by atoms with Gasteiger partial charge in [0.05, 0.1) is 0 Å². The summed E-state index contributed by atoms with van der Waals surface area (Å²) in [6.45, 7) is 1.69. The first-order valence-electron chi connectivity index (χ1n) is 4.35. The van der Waals surface area contributed by atoms with Crippen LogP contribution in [0.1, 0.15) is 15.9 Å². The second kappa shape index (κ2) is 4.14. The number of carboxylic acids is 1. The second-order valence-corrected chi connectivity index (χ2v) is 3.11. The molecule has 4 N–H and O–H groups in total. The van der Waals surface area contributed by atoms with Gasteiger partial charge in [0, 0.05) is 19.2 Å². The number of hydrogen-bond acceptors (Lipinski definition) is 4. The van der Waals surface area contributed by atoms with Gasteiger partial charge in [0.2, 0.25) is 0 Å². The van der Waals surface area contributed by atoms with Gasteiger partial charge in [-0.15, -0.1) is 0 Å². The smallest absolute Gasteiger partial charge is 0.341 e. The van der Waals surface area contributed by atoms with E-state index in [1.54, 1.807) is 0 Å². The molecule has 0 spiro atoms. The zero-order valence-corrected chi connectivity index (χ0v) is 8.23. The molecule has 1 heterocycles. The number of nitrogens with zero attached hydrogens (tertiary/aromatic N) is 1. The summed E-state index contributed by atoms with van der Waals surface area (Å²) in [6, 6.07) is 1.24. The van der Waals surface area contributed by atoms with E-state index in [1.165, 1.54) is 13.0 Å². The van der Waals surface area contributed by atoms with E-state index in [0.29, 0.717) is 0 Å². The first-order chi connectivity index (χ1) is 6.99. The van der Waals surface area contributed by atoms with Crippen LogP contribution < -0.4 is 11.3 Å². The zero-order valence-electron chi connectivity index (χ0n) is 8.23. The second-order valence-electron chi connectivity index (χ2n) is 3.11. The van der Waals surface area contributed by atoms with E-state index < -0.39 is 11.5 Å². The fraction of sp³-hybridized carbons (Fsp3) is 0.333. The third-order valence-corrected chi connectivity index (χ3v) is 2.04. The lowest BCUT2D eigenvalue weighted by atomic mass is 10.1. The lowest BCUT2D eigenvalue weighted by Crippen LogP contribution is -2.29. The minimum Gasteiger partial charge on any atom is -0.494 e. The Kier molecular flexibility index (Phi) is 3.11. The molecule has 15 heavy (non-hydrogen) atoms. The molecule has 0 aliphatic carbocycles. The molecule has 1 aromatic heterocycles. The van der Waals surface area contributed by atoms with Crippen molar-refractivity contribution < 1.29 is 15.0 Å². The van der Waals surface area contributed by atoms with Crippen molar-refractivity contribution >= 4 is 5.97 Å². The highest BCUT2D eigenvalue weighted by molar-refractivity contribution is 5.88. The number of aryl methyl sites for hydroxylation is 1. The number of aromatic nitrogens is 1. The van der Waals surface area contributed by atoms with Crippen molar-refractivity contribution in [3.63, 3.8) is 0 Å². The zero-order chi connectivity index (χ0) is 11.6. The summed E-state index contributed by atoms with van der Waals surface area (Å²) in [6.07, 6.45) is 0. The predicted molar refractivity (Wildman–Crippen MR) is 53.1 cm³/mol. The van der Waals surface area contributed by atoms with Gasteiger partial charge in [-0.2, -0.15) is 0 Å². The fourth-order valence-electron chi connectivity index (χ4n) is 1.36. The van der Waals surface area contributed by atoms with E-state index in [0.717, 1.165) is 4.57 Å². The molecule has 0 saturated carbocycles. The maximum absolute atomic E-state index is 11.6. The highest BCUT2D eigenvalue weighted by Crippen LogP contribution is 2.11. The van der Waals surface area contributed by atoms with Crippen LogP contribution >= 0.6 is 0 Å². The van der Waals surface area contributed by atoms with Gasteiger partial charge in [0.1, 0.15) is 5.56 Å². The van der Waals surface area contributed by atoms with Crippen LogP contribution in [0, 0.1) is 6.92 Å². The van der Waals surface area contributed by atoms with E-state index in [9.17, 15) is 14.7 Å². The van der Waals surface area contributed by atoms with E-state index in [-0.39, 0.29) is 30.1 Å². The molecule has 0 fully saturated rings. The Morgan fingerprint density at radius 3 is 2.67 bits per heavy atom. The maximum Gasteiger partial charge on any atom is 0.341 e. The van der Waals surface area contributed by atoms with Gasteiger partial charge in [-0.3, -0.25) is 9.36 Å². The molecule has 0 saturated heterocycles. The highest BCUT2D eigenvalue weighted by atomic mass is 16.4. The van der Waals surface area contributed by atoms with Gasteiger partial charge in [0.15, 0.2) is 5.88 Å². The normalized spacial score (nSPS) is 10.3. The Hall–Kier alpha value is -1.82. The van der Waals surface area contributed by atoms with Crippen molar-refractivity contribution in [2.45, 2.75) is 13.5 Å². The van der Waals surface area contributed by atoms with Crippen molar-refractivity contribution in [1.82, 2.24) is 4.57 Å². The van der Waals surface area contributed by atoms with Crippen LogP contribution in [0.15, 0.2) is 10.9 Å². The summed E-state index contributed by atoms with van der Waals surface area (Å²) in [5.74, 6) is -1.57. The Bertz CT molecular complexity index is 450. The minimum atomic E-state index is -1.30. The van der Waals surface area contributed by atoms with Gasteiger partial charge in [0.25, 0.3) is 5.56 Å². The van der Waals surface area contributed by atoms with Crippen LogP contribution in [0.2, 0.25) is 0 Å². The van der Waals surface area contributed by atoms with Crippen LogP contribution in [0.3, 0.4) is 0 Å². The molecular weight excluding hydrogens is 200 g/mol. The summed E-state index contributed by atoms with van der Waals surface area (Å²) in [7, 11) is 0. The lowest BCUT2D eigenvalue weighted by Gasteiger charge is -2.09. The van der Waals surface area contributed by atoms with Gasteiger partial charge in [-0.1, -0.05) is 0 Å². The summed E-state index contributed by atoms with van der Waals surface area (Å²) < 4.78 is 0.941. The number of pyridine rings is 1. The number of carbonyl (C=O) groups is 1. The van der Waals surface area contributed by atoms with Crippen molar-refractivity contribution in [1.29, 1.82) is 0 Å². The molecule has 82 valence electrons. The largest absolute Gasteiger partial charge is 0.494 e. The minimum absolute atomic E-state index is 0.0885. The van der Waals surface area contributed by atoms with Gasteiger partial charge < -0.3 is 15.9 Å². The van der Waals surface area contributed by atoms with E-state index >= 15 is 0 Å². The molecule has 1 aromatic rings. The Morgan fingerprint density at radius 2 is 2.20 bits per heavy atom. The summed E-state index contributed by atoms with van der Waals surface area (Å²) in [5.41, 5.74) is 4.42. The molecule has 6 heteroatoms. The Labute approximate surface area is 85.6 Å². The molecule has 0 unspecified atom stereocenters. The van der Waals surface area contributed by atoms with E-state index in [2.05, 4.69) is 0 Å². The highest BCUT2D eigenvalue weighted by Gasteiger charge is 2.16. The fourth-order valence-corrected chi connectivity index (χ4v) is 1.36. The van der Waals surface area contributed by atoms with Crippen LogP contribution in [-0.4, -0.2) is 27.3 Å². The Balaban J connectivity index is 3.49. The number of nitrogens with two attached hydrogens (primary N) is 1. The molecule has 0 atom stereocenters. The molecule has 0 aliphatic rings. The van der Waals surface area contributed by atoms with Crippen molar-refractivity contribution in [2.24, 2.45) is 5.73 Å². The van der Waals surface area contributed by atoms with Crippen molar-refractivity contribution in [2.75, 3.05) is 6.54 Å². The SMILES string of the molecule is Cc1cc(O)n(CCN)c(=O)c1C(=O)O. The monoisotopic (exact) mass is 212 g/mol. The van der Waals surface area contributed by atoms with Crippen LogP contribution in [0.4, 0.5) is 0 Å². The molecule has 6 nitrogen and oxygen atoms in total. The van der Waals surface area contributed by atoms with Crippen LogP contribution in [-0.2, 0) is 6.54 Å². The van der Waals surface area contributed by atoms with Crippen LogP contribution in [0.25, 0.3) is 0 Å². The third kappa shape index (κ3) is 1.99. The van der Waals surface area contributed by atoms with Gasteiger partial charge in [-0.25, -0.2) is 4.79 Å². The van der Waals surface area contributed by atoms with E-state index in [4.69, 9.17) is 10.8 Å². The average Bonchev–Trinajstić information content (AvgIpc) is 2.11. The molecule has 0 bridgehead atoms. The predicted octanol–water partition coefficient (Wildman–Crippen LogP) is -0.481. The summed E-state index contributed by atoms with van der Waals surface area (Å²) in [4.78, 5) is 22.4. The molecule has 1 rings (SSSR count). The van der Waals surface area contributed by atoms with Crippen molar-refractivity contribution in [3.05, 3.63) is 27.5 Å². The molecule has 0 aliphatic heterocycles. The standard InChI is InChI=1S/C9H12N2O4/c1-5-4-6(12)11(3-2-10)8(13)7(5)9(14)15/h4,12H,2-3,10H2,1H3,(H,14,15).